The van der Waals surface area contributed by atoms with Crippen LogP contribution in [0, 0.1) is 17.3 Å². The van der Waals surface area contributed by atoms with Gasteiger partial charge in [-0.15, -0.1) is 0 Å². The minimum absolute atomic E-state index is 0.0461. The van der Waals surface area contributed by atoms with Crippen LogP contribution in [0.25, 0.3) is 0 Å². The Bertz CT molecular complexity index is 363. The Balaban J connectivity index is 1.93. The number of amides is 2. The molecule has 1 aliphatic carbocycles. The number of hydrogen-bond donors (Lipinski definition) is 2. The summed E-state index contributed by atoms with van der Waals surface area (Å²) in [5.41, 5.74) is 0.235. The molecule has 114 valence electrons. The molecule has 2 N–H and O–H groups in total. The number of rotatable bonds is 2. The zero-order chi connectivity index (χ0) is 14.8. The van der Waals surface area contributed by atoms with Gasteiger partial charge in [-0.05, 0) is 30.6 Å². The molecule has 3 atom stereocenters. The Morgan fingerprint density at radius 1 is 1.20 bits per heavy atom. The first-order valence-corrected chi connectivity index (χ1v) is 7.95. The zero-order valence-electron chi connectivity index (χ0n) is 13.0. The monoisotopic (exact) mass is 280 g/mol. The highest BCUT2D eigenvalue weighted by atomic mass is 16.2. The second-order valence-corrected chi connectivity index (χ2v) is 7.41. The lowest BCUT2D eigenvalue weighted by atomic mass is 9.69. The summed E-state index contributed by atoms with van der Waals surface area (Å²) >= 11 is 0. The van der Waals surface area contributed by atoms with Gasteiger partial charge in [0.25, 0.3) is 0 Å². The van der Waals surface area contributed by atoms with Crippen LogP contribution in [-0.4, -0.2) is 24.4 Å². The van der Waals surface area contributed by atoms with Gasteiger partial charge in [-0.3, -0.25) is 9.59 Å². The van der Waals surface area contributed by atoms with E-state index in [1.807, 2.05) is 0 Å². The van der Waals surface area contributed by atoms with Crippen molar-refractivity contribution in [1.29, 1.82) is 0 Å². The molecule has 4 heteroatoms. The van der Waals surface area contributed by atoms with E-state index in [-0.39, 0.29) is 23.1 Å². The molecule has 1 saturated heterocycles. The third-order valence-corrected chi connectivity index (χ3v) is 4.84. The molecular weight excluding hydrogens is 252 g/mol. The quantitative estimate of drug-likeness (QED) is 0.815. The number of carbonyl (C=O) groups excluding carboxylic acids is 2. The first-order chi connectivity index (χ1) is 9.38. The molecule has 3 unspecified atom stereocenters. The first-order valence-electron chi connectivity index (χ1n) is 7.95. The van der Waals surface area contributed by atoms with Gasteiger partial charge in [-0.1, -0.05) is 33.6 Å². The van der Waals surface area contributed by atoms with Crippen molar-refractivity contribution >= 4 is 11.8 Å². The van der Waals surface area contributed by atoms with Crippen LogP contribution in [0.5, 0.6) is 0 Å². The van der Waals surface area contributed by atoms with Crippen LogP contribution in [0.1, 0.15) is 59.3 Å². The van der Waals surface area contributed by atoms with Gasteiger partial charge in [0.15, 0.2) is 0 Å². The van der Waals surface area contributed by atoms with E-state index in [9.17, 15) is 9.59 Å². The van der Waals surface area contributed by atoms with Crippen molar-refractivity contribution in [3.05, 3.63) is 0 Å². The molecule has 0 aromatic rings. The van der Waals surface area contributed by atoms with E-state index < -0.39 is 0 Å². The highest BCUT2D eigenvalue weighted by Crippen LogP contribution is 2.38. The van der Waals surface area contributed by atoms with Crippen molar-refractivity contribution < 1.29 is 9.59 Å². The molecule has 1 aliphatic heterocycles. The smallest absolute Gasteiger partial charge is 0.225 e. The number of carbonyl (C=O) groups is 2. The summed E-state index contributed by atoms with van der Waals surface area (Å²) in [6, 6.07) is 0.300. The molecular formula is C16H28N2O2. The number of hydrogen-bond acceptors (Lipinski definition) is 2. The normalized spacial score (nSPS) is 31.6. The minimum Gasteiger partial charge on any atom is -0.355 e. The van der Waals surface area contributed by atoms with Crippen LogP contribution in [0.2, 0.25) is 0 Å². The van der Waals surface area contributed by atoms with E-state index in [0.29, 0.717) is 31.3 Å². The lowest BCUT2D eigenvalue weighted by Gasteiger charge is -2.41. The van der Waals surface area contributed by atoms with E-state index in [0.717, 1.165) is 6.42 Å². The molecule has 2 rings (SSSR count). The minimum atomic E-state index is -0.0461. The lowest BCUT2D eigenvalue weighted by Crippen LogP contribution is -2.51. The second kappa shape index (κ2) is 6.15. The van der Waals surface area contributed by atoms with Crippen molar-refractivity contribution in [3.8, 4) is 0 Å². The average molecular weight is 280 g/mol. The van der Waals surface area contributed by atoms with Crippen LogP contribution in [0.4, 0.5) is 0 Å². The fourth-order valence-corrected chi connectivity index (χ4v) is 3.60. The SMILES string of the molecule is CC(C)(C)C1CCCCC1NC(=O)C1CCC(=O)NC1. The van der Waals surface area contributed by atoms with Crippen LogP contribution < -0.4 is 10.6 Å². The topological polar surface area (TPSA) is 58.2 Å². The third-order valence-electron chi connectivity index (χ3n) is 4.84. The summed E-state index contributed by atoms with van der Waals surface area (Å²) < 4.78 is 0. The van der Waals surface area contributed by atoms with Gasteiger partial charge in [0.1, 0.15) is 0 Å². The summed E-state index contributed by atoms with van der Waals surface area (Å²) in [5.74, 6) is 0.707. The number of nitrogens with one attached hydrogen (secondary N) is 2. The van der Waals surface area contributed by atoms with Gasteiger partial charge in [0.05, 0.1) is 5.92 Å². The van der Waals surface area contributed by atoms with Gasteiger partial charge in [0, 0.05) is 19.0 Å². The average Bonchev–Trinajstić information content (AvgIpc) is 2.38. The van der Waals surface area contributed by atoms with Crippen LogP contribution in [0.3, 0.4) is 0 Å². The summed E-state index contributed by atoms with van der Waals surface area (Å²) in [7, 11) is 0. The summed E-state index contributed by atoms with van der Waals surface area (Å²) in [6.45, 7) is 7.30. The van der Waals surface area contributed by atoms with Gasteiger partial charge >= 0.3 is 0 Å². The van der Waals surface area contributed by atoms with Gasteiger partial charge < -0.3 is 10.6 Å². The number of piperidine rings is 1. The largest absolute Gasteiger partial charge is 0.355 e. The molecule has 4 nitrogen and oxygen atoms in total. The molecule has 1 heterocycles. The lowest BCUT2D eigenvalue weighted by molar-refractivity contribution is -0.130. The summed E-state index contributed by atoms with van der Waals surface area (Å²) in [5, 5.41) is 6.06. The highest BCUT2D eigenvalue weighted by Gasteiger charge is 2.36. The van der Waals surface area contributed by atoms with Crippen LogP contribution in [0.15, 0.2) is 0 Å². The second-order valence-electron chi connectivity index (χ2n) is 7.41. The molecule has 0 aromatic heterocycles. The van der Waals surface area contributed by atoms with Crippen molar-refractivity contribution in [2.75, 3.05) is 6.54 Å². The third kappa shape index (κ3) is 3.74. The van der Waals surface area contributed by atoms with Crippen molar-refractivity contribution in [3.63, 3.8) is 0 Å². The molecule has 2 fully saturated rings. The summed E-state index contributed by atoms with van der Waals surface area (Å²) in [4.78, 5) is 23.5. The molecule has 2 aliphatic rings. The fraction of sp³-hybridized carbons (Fsp3) is 0.875. The zero-order valence-corrected chi connectivity index (χ0v) is 13.0. The van der Waals surface area contributed by atoms with E-state index >= 15 is 0 Å². The molecule has 0 spiro atoms. The maximum Gasteiger partial charge on any atom is 0.225 e. The molecule has 1 saturated carbocycles. The van der Waals surface area contributed by atoms with E-state index in [1.165, 1.54) is 19.3 Å². The molecule has 0 bridgehead atoms. The maximum atomic E-state index is 12.4. The van der Waals surface area contributed by atoms with Crippen molar-refractivity contribution in [2.45, 2.75) is 65.3 Å². The maximum absolute atomic E-state index is 12.4. The Morgan fingerprint density at radius 2 is 1.90 bits per heavy atom. The predicted molar refractivity (Wildman–Crippen MR) is 79.1 cm³/mol. The molecule has 0 radical (unpaired) electrons. The Morgan fingerprint density at radius 3 is 2.50 bits per heavy atom. The standard InChI is InChI=1S/C16H28N2O2/c1-16(2,3)12-6-4-5-7-13(12)18-15(20)11-8-9-14(19)17-10-11/h11-13H,4-10H2,1-3H3,(H,17,19)(H,18,20). The predicted octanol–water partition coefficient (Wildman–Crippen LogP) is 2.23. The van der Waals surface area contributed by atoms with E-state index in [2.05, 4.69) is 31.4 Å². The Labute approximate surface area is 122 Å². The fourth-order valence-electron chi connectivity index (χ4n) is 3.60. The van der Waals surface area contributed by atoms with Gasteiger partial charge in [-0.2, -0.15) is 0 Å². The Hall–Kier alpha value is -1.06. The van der Waals surface area contributed by atoms with Gasteiger partial charge in [-0.25, -0.2) is 0 Å². The first kappa shape index (κ1) is 15.3. The van der Waals surface area contributed by atoms with Crippen LogP contribution in [-0.2, 0) is 9.59 Å². The van der Waals surface area contributed by atoms with Crippen LogP contribution >= 0.6 is 0 Å². The Kier molecular flexibility index (Phi) is 4.71. The molecule has 2 amide bonds. The molecule has 0 aromatic carbocycles. The summed E-state index contributed by atoms with van der Waals surface area (Å²) in [6.07, 6.45) is 5.94. The van der Waals surface area contributed by atoms with E-state index in [1.54, 1.807) is 0 Å². The van der Waals surface area contributed by atoms with Crippen molar-refractivity contribution in [2.24, 2.45) is 17.3 Å². The highest BCUT2D eigenvalue weighted by molar-refractivity contribution is 5.83. The molecule has 20 heavy (non-hydrogen) atoms. The van der Waals surface area contributed by atoms with Crippen molar-refractivity contribution in [1.82, 2.24) is 10.6 Å². The van der Waals surface area contributed by atoms with Gasteiger partial charge in [0.2, 0.25) is 11.8 Å². The van der Waals surface area contributed by atoms with E-state index in [4.69, 9.17) is 0 Å².